The molecule has 1 aromatic heterocycles. The maximum Gasteiger partial charge on any atom is 0.143 e. The molecule has 0 saturated carbocycles. The average molecular weight is 704 g/mol. The van der Waals surface area contributed by atoms with Crippen molar-refractivity contribution in [2.75, 3.05) is 4.90 Å². The first kappa shape index (κ1) is 31.6. The lowest BCUT2D eigenvalue weighted by molar-refractivity contribution is 0.645. The Morgan fingerprint density at radius 3 is 1.80 bits per heavy atom. The van der Waals surface area contributed by atoms with E-state index in [1.165, 1.54) is 60.7 Å². The molecule has 0 aliphatic heterocycles. The molecule has 2 heteroatoms. The van der Waals surface area contributed by atoms with E-state index in [0.29, 0.717) is 0 Å². The lowest BCUT2D eigenvalue weighted by Gasteiger charge is -2.35. The second-order valence-electron chi connectivity index (χ2n) is 15.3. The second-order valence-corrected chi connectivity index (χ2v) is 15.3. The molecule has 2 nitrogen and oxygen atoms in total. The molecule has 0 unspecified atom stereocenters. The van der Waals surface area contributed by atoms with Gasteiger partial charge in [0.2, 0.25) is 0 Å². The van der Waals surface area contributed by atoms with Crippen molar-refractivity contribution in [3.63, 3.8) is 0 Å². The van der Waals surface area contributed by atoms with Crippen molar-refractivity contribution >= 4 is 60.5 Å². The van der Waals surface area contributed by atoms with Crippen molar-refractivity contribution in [1.29, 1.82) is 0 Å². The minimum Gasteiger partial charge on any atom is -0.455 e. The second kappa shape index (κ2) is 12.1. The van der Waals surface area contributed by atoms with Crippen LogP contribution in [-0.2, 0) is 5.41 Å². The molecule has 260 valence electrons. The molecule has 0 bridgehead atoms. The molecule has 1 heterocycles. The fourth-order valence-electron chi connectivity index (χ4n) is 9.02. The van der Waals surface area contributed by atoms with E-state index in [1.807, 2.05) is 0 Å². The van der Waals surface area contributed by atoms with Crippen molar-refractivity contribution in [3.8, 4) is 33.4 Å². The lowest BCUT2D eigenvalue weighted by Crippen LogP contribution is -2.23. The molecule has 0 fully saturated rings. The molecule has 0 N–H and O–H groups in total. The van der Waals surface area contributed by atoms with Gasteiger partial charge in [-0.25, -0.2) is 0 Å². The molecule has 1 aliphatic carbocycles. The fourth-order valence-corrected chi connectivity index (χ4v) is 9.02. The first-order valence-electron chi connectivity index (χ1n) is 19.1. The van der Waals surface area contributed by atoms with Gasteiger partial charge in [-0.15, -0.1) is 0 Å². The Balaban J connectivity index is 1.01. The zero-order valence-corrected chi connectivity index (χ0v) is 30.8. The Hall–Kier alpha value is -6.90. The Labute approximate surface area is 320 Å². The smallest absolute Gasteiger partial charge is 0.143 e. The van der Waals surface area contributed by atoms with Gasteiger partial charge in [-0.2, -0.15) is 0 Å². The van der Waals surface area contributed by atoms with E-state index < -0.39 is 0 Å². The number of fused-ring (bicyclic) bond motifs is 7. The summed E-state index contributed by atoms with van der Waals surface area (Å²) in [6.45, 7) is 4.73. The number of benzene rings is 9. The van der Waals surface area contributed by atoms with Gasteiger partial charge in [0.15, 0.2) is 0 Å². The van der Waals surface area contributed by atoms with E-state index in [4.69, 9.17) is 4.42 Å². The van der Waals surface area contributed by atoms with Crippen LogP contribution in [0.15, 0.2) is 192 Å². The molecule has 9 aromatic carbocycles. The lowest BCUT2D eigenvalue weighted by atomic mass is 9.68. The van der Waals surface area contributed by atoms with Crippen molar-refractivity contribution in [2.45, 2.75) is 19.3 Å². The number of furan rings is 1. The molecule has 0 amide bonds. The highest BCUT2D eigenvalue weighted by Crippen LogP contribution is 2.49. The van der Waals surface area contributed by atoms with E-state index in [0.717, 1.165) is 44.4 Å². The summed E-state index contributed by atoms with van der Waals surface area (Å²) >= 11 is 0. The quantitative estimate of drug-likeness (QED) is 0.177. The Morgan fingerprint density at radius 1 is 0.400 bits per heavy atom. The van der Waals surface area contributed by atoms with E-state index in [1.54, 1.807) is 0 Å². The van der Waals surface area contributed by atoms with E-state index in [9.17, 15) is 0 Å². The standard InChI is InChI=1S/C53H37NO/c1-53(2)48-17-9-14-38-13-8-16-46(51(38)48)44-29-23-39(32-49(44)53)36-20-26-41(27-21-36)54(40-24-18-35(19-25-40)34-10-4-3-5-11-34)42-28-31-45-47-30-22-37-12-6-7-15-43(37)52(47)55-50(45)33-42/h3-33H,1-2H3. The maximum atomic E-state index is 6.66. The van der Waals surface area contributed by atoms with Gasteiger partial charge in [0.05, 0.1) is 0 Å². The summed E-state index contributed by atoms with van der Waals surface area (Å²) in [7, 11) is 0. The fraction of sp³-hybridized carbons (Fsp3) is 0.0566. The number of nitrogens with zero attached hydrogens (tertiary/aromatic N) is 1. The third-order valence-corrected chi connectivity index (χ3v) is 11.9. The summed E-state index contributed by atoms with van der Waals surface area (Å²) in [5, 5.41) is 7.25. The number of hydrogen-bond acceptors (Lipinski definition) is 2. The molecule has 1 aliphatic rings. The zero-order chi connectivity index (χ0) is 36.7. The first-order chi connectivity index (χ1) is 27.0. The third-order valence-electron chi connectivity index (χ3n) is 11.9. The molecule has 10 aromatic rings. The summed E-state index contributed by atoms with van der Waals surface area (Å²) in [6.07, 6.45) is 0. The van der Waals surface area contributed by atoms with Gasteiger partial charge in [-0.1, -0.05) is 147 Å². The molecular weight excluding hydrogens is 667 g/mol. The number of rotatable bonds is 5. The Kier molecular flexibility index (Phi) is 6.93. The van der Waals surface area contributed by atoms with Crippen molar-refractivity contribution < 1.29 is 4.42 Å². The average Bonchev–Trinajstić information content (AvgIpc) is 3.62. The highest BCUT2D eigenvalue weighted by atomic mass is 16.3. The van der Waals surface area contributed by atoms with Crippen LogP contribution in [0.25, 0.3) is 76.9 Å². The zero-order valence-electron chi connectivity index (χ0n) is 30.8. The van der Waals surface area contributed by atoms with Crippen molar-refractivity contribution in [1.82, 2.24) is 0 Å². The molecule has 0 spiro atoms. The molecule has 0 radical (unpaired) electrons. The van der Waals surface area contributed by atoms with Crippen LogP contribution in [0.4, 0.5) is 17.1 Å². The number of anilines is 3. The molecule has 0 saturated heterocycles. The SMILES string of the molecule is CC1(C)c2cc(-c3ccc(N(c4ccc(-c5ccccc5)cc4)c4ccc5c(c4)oc4c6ccccc6ccc54)cc3)ccc2-c2cccc3cccc1c23. The van der Waals surface area contributed by atoms with Gasteiger partial charge >= 0.3 is 0 Å². The van der Waals surface area contributed by atoms with Crippen LogP contribution in [0.2, 0.25) is 0 Å². The van der Waals surface area contributed by atoms with Crippen LogP contribution in [0, 0.1) is 0 Å². The van der Waals surface area contributed by atoms with Gasteiger partial charge in [-0.3, -0.25) is 0 Å². The van der Waals surface area contributed by atoms with Crippen LogP contribution < -0.4 is 4.90 Å². The van der Waals surface area contributed by atoms with Crippen LogP contribution in [-0.4, -0.2) is 0 Å². The van der Waals surface area contributed by atoms with E-state index in [2.05, 4.69) is 207 Å². The van der Waals surface area contributed by atoms with Crippen molar-refractivity contribution in [3.05, 3.63) is 199 Å². The highest BCUT2D eigenvalue weighted by Gasteiger charge is 2.33. The summed E-state index contributed by atoms with van der Waals surface area (Å²) in [5.74, 6) is 0. The van der Waals surface area contributed by atoms with Crippen molar-refractivity contribution in [2.24, 2.45) is 0 Å². The summed E-state index contributed by atoms with van der Waals surface area (Å²) < 4.78 is 6.66. The molecule has 11 rings (SSSR count). The van der Waals surface area contributed by atoms with Crippen LogP contribution >= 0.6 is 0 Å². The summed E-state index contributed by atoms with van der Waals surface area (Å²) in [6, 6.07) is 68.3. The van der Waals surface area contributed by atoms with Crippen LogP contribution in [0.3, 0.4) is 0 Å². The minimum atomic E-state index is -0.122. The van der Waals surface area contributed by atoms with Gasteiger partial charge in [0.1, 0.15) is 11.2 Å². The summed E-state index contributed by atoms with van der Waals surface area (Å²) in [4.78, 5) is 2.33. The first-order valence-corrected chi connectivity index (χ1v) is 19.1. The topological polar surface area (TPSA) is 16.4 Å². The van der Waals surface area contributed by atoms with Gasteiger partial charge in [0, 0.05) is 44.7 Å². The number of hydrogen-bond donors (Lipinski definition) is 0. The summed E-state index contributed by atoms with van der Waals surface area (Å²) in [5.41, 5.74) is 15.1. The monoisotopic (exact) mass is 703 g/mol. The van der Waals surface area contributed by atoms with Gasteiger partial charge in [-0.05, 0) is 109 Å². The molecule has 0 atom stereocenters. The molecular formula is C53H37NO. The van der Waals surface area contributed by atoms with Crippen LogP contribution in [0.5, 0.6) is 0 Å². The van der Waals surface area contributed by atoms with E-state index in [-0.39, 0.29) is 5.41 Å². The predicted molar refractivity (Wildman–Crippen MR) is 232 cm³/mol. The predicted octanol–water partition coefficient (Wildman–Crippen LogP) is 15.0. The minimum absolute atomic E-state index is 0.122. The molecule has 55 heavy (non-hydrogen) atoms. The van der Waals surface area contributed by atoms with Gasteiger partial charge in [0.25, 0.3) is 0 Å². The highest BCUT2D eigenvalue weighted by molar-refractivity contribution is 6.15. The third kappa shape index (κ3) is 4.95. The van der Waals surface area contributed by atoms with E-state index >= 15 is 0 Å². The largest absolute Gasteiger partial charge is 0.455 e. The normalized spacial score (nSPS) is 13.1. The maximum absolute atomic E-state index is 6.66. The van der Waals surface area contributed by atoms with Gasteiger partial charge < -0.3 is 9.32 Å². The Bertz CT molecular complexity index is 3090. The Morgan fingerprint density at radius 2 is 1.02 bits per heavy atom. The van der Waals surface area contributed by atoms with Crippen LogP contribution in [0.1, 0.15) is 25.0 Å².